The molecular formula is C6H2N6O2. The number of hydrogen-bond donors (Lipinski definition) is 0. The van der Waals surface area contributed by atoms with Gasteiger partial charge in [-0.3, -0.25) is 10.1 Å². The maximum absolute atomic E-state index is 10.4. The lowest BCUT2D eigenvalue weighted by Crippen LogP contribution is -1.91. The van der Waals surface area contributed by atoms with E-state index in [1.165, 1.54) is 0 Å². The summed E-state index contributed by atoms with van der Waals surface area (Å²) in [5, 5.41) is 21.9. The second-order valence-corrected chi connectivity index (χ2v) is 2.13. The third-order valence-electron chi connectivity index (χ3n) is 1.31. The van der Waals surface area contributed by atoms with E-state index in [1.807, 2.05) is 0 Å². The van der Waals surface area contributed by atoms with E-state index in [-0.39, 0.29) is 11.4 Å². The average molecular weight is 190 g/mol. The van der Waals surface area contributed by atoms with Gasteiger partial charge in [0.1, 0.15) is 6.07 Å². The van der Waals surface area contributed by atoms with Gasteiger partial charge in [-0.15, -0.1) is 0 Å². The first-order valence-corrected chi connectivity index (χ1v) is 3.28. The van der Waals surface area contributed by atoms with Crippen LogP contribution in [0.25, 0.3) is 10.4 Å². The van der Waals surface area contributed by atoms with Crippen LogP contribution in [0.2, 0.25) is 0 Å². The molecule has 0 aliphatic rings. The summed E-state index contributed by atoms with van der Waals surface area (Å²) in [5.41, 5.74) is 7.63. The maximum atomic E-state index is 10.4. The van der Waals surface area contributed by atoms with Gasteiger partial charge in [0.2, 0.25) is 5.82 Å². The molecular weight excluding hydrogens is 188 g/mol. The number of pyridine rings is 1. The van der Waals surface area contributed by atoms with Crippen LogP contribution in [0.5, 0.6) is 0 Å². The Morgan fingerprint density at radius 2 is 2.50 bits per heavy atom. The monoisotopic (exact) mass is 190 g/mol. The van der Waals surface area contributed by atoms with Crippen LogP contribution >= 0.6 is 0 Å². The minimum Gasteiger partial charge on any atom is -0.258 e. The first-order chi connectivity index (χ1) is 6.69. The first-order valence-electron chi connectivity index (χ1n) is 3.28. The SMILES string of the molecule is N#Cc1cnc(N=[N+]=[N-])c([N+](=O)[O-])c1. The van der Waals surface area contributed by atoms with Gasteiger partial charge in [0.05, 0.1) is 10.5 Å². The van der Waals surface area contributed by atoms with Gasteiger partial charge in [0.25, 0.3) is 5.69 Å². The zero-order valence-corrected chi connectivity index (χ0v) is 6.65. The minimum absolute atomic E-state index is 0.0357. The smallest absolute Gasteiger partial charge is 0.258 e. The molecule has 0 saturated carbocycles. The lowest BCUT2D eigenvalue weighted by Gasteiger charge is -1.94. The largest absolute Gasteiger partial charge is 0.298 e. The van der Waals surface area contributed by atoms with Crippen molar-refractivity contribution in [2.75, 3.05) is 0 Å². The fraction of sp³-hybridized carbons (Fsp3) is 0. The van der Waals surface area contributed by atoms with Crippen molar-refractivity contribution in [1.82, 2.24) is 4.98 Å². The fourth-order valence-electron chi connectivity index (χ4n) is 0.761. The Kier molecular flexibility index (Phi) is 2.59. The van der Waals surface area contributed by atoms with Crippen molar-refractivity contribution < 1.29 is 4.92 Å². The molecule has 1 aromatic rings. The molecule has 1 rings (SSSR count). The summed E-state index contributed by atoms with van der Waals surface area (Å²) >= 11 is 0. The van der Waals surface area contributed by atoms with Crippen LogP contribution in [0, 0.1) is 21.4 Å². The quantitative estimate of drug-likeness (QED) is 0.231. The van der Waals surface area contributed by atoms with Crippen molar-refractivity contribution in [3.8, 4) is 6.07 Å². The van der Waals surface area contributed by atoms with E-state index in [0.29, 0.717) is 0 Å². The van der Waals surface area contributed by atoms with Crippen molar-refractivity contribution in [3.05, 3.63) is 38.4 Å². The molecule has 68 valence electrons. The van der Waals surface area contributed by atoms with Gasteiger partial charge in [-0.2, -0.15) is 5.26 Å². The normalized spacial score (nSPS) is 8.50. The molecule has 8 heteroatoms. The molecule has 8 nitrogen and oxygen atoms in total. The molecule has 1 heterocycles. The minimum atomic E-state index is -0.766. The van der Waals surface area contributed by atoms with Crippen molar-refractivity contribution in [2.24, 2.45) is 5.11 Å². The van der Waals surface area contributed by atoms with Gasteiger partial charge in [-0.25, -0.2) is 4.98 Å². The Morgan fingerprint density at radius 1 is 1.79 bits per heavy atom. The molecule has 0 saturated heterocycles. The summed E-state index contributed by atoms with van der Waals surface area (Å²) in [6.07, 6.45) is 1.09. The molecule has 0 atom stereocenters. The van der Waals surface area contributed by atoms with Crippen LogP contribution in [-0.4, -0.2) is 9.91 Å². The van der Waals surface area contributed by atoms with E-state index in [4.69, 9.17) is 10.8 Å². The highest BCUT2D eigenvalue weighted by Crippen LogP contribution is 2.24. The molecule has 0 aliphatic carbocycles. The Morgan fingerprint density at radius 3 is 3.00 bits per heavy atom. The molecule has 0 amide bonds. The van der Waals surface area contributed by atoms with Crippen molar-refractivity contribution in [2.45, 2.75) is 0 Å². The zero-order chi connectivity index (χ0) is 10.6. The predicted octanol–water partition coefficient (Wildman–Crippen LogP) is 1.80. The summed E-state index contributed by atoms with van der Waals surface area (Å²) in [4.78, 5) is 15.5. The summed E-state index contributed by atoms with van der Waals surface area (Å²) in [7, 11) is 0. The van der Waals surface area contributed by atoms with Crippen LogP contribution < -0.4 is 0 Å². The molecule has 1 aromatic heterocycles. The van der Waals surface area contributed by atoms with Crippen LogP contribution in [0.3, 0.4) is 0 Å². The summed E-state index contributed by atoms with van der Waals surface area (Å²) in [6.45, 7) is 0. The zero-order valence-electron chi connectivity index (χ0n) is 6.65. The van der Waals surface area contributed by atoms with Gasteiger partial charge in [-0.05, 0) is 10.6 Å². The predicted molar refractivity (Wildman–Crippen MR) is 44.4 cm³/mol. The summed E-state index contributed by atoms with van der Waals surface area (Å²) < 4.78 is 0. The molecule has 0 unspecified atom stereocenters. The van der Waals surface area contributed by atoms with Crippen LogP contribution in [0.4, 0.5) is 11.5 Å². The lowest BCUT2D eigenvalue weighted by atomic mass is 10.3. The van der Waals surface area contributed by atoms with Gasteiger partial charge < -0.3 is 0 Å². The molecule has 0 bridgehead atoms. The van der Waals surface area contributed by atoms with E-state index in [2.05, 4.69) is 15.0 Å². The second-order valence-electron chi connectivity index (χ2n) is 2.13. The van der Waals surface area contributed by atoms with E-state index in [0.717, 1.165) is 12.3 Å². The van der Waals surface area contributed by atoms with E-state index >= 15 is 0 Å². The van der Waals surface area contributed by atoms with Crippen molar-refractivity contribution >= 4 is 11.5 Å². The Bertz CT molecular complexity index is 470. The molecule has 14 heavy (non-hydrogen) atoms. The van der Waals surface area contributed by atoms with Crippen LogP contribution in [0.15, 0.2) is 17.4 Å². The van der Waals surface area contributed by atoms with E-state index < -0.39 is 10.6 Å². The van der Waals surface area contributed by atoms with Crippen LogP contribution in [0.1, 0.15) is 5.56 Å². The molecule has 0 aliphatic heterocycles. The third kappa shape index (κ3) is 1.74. The standard InChI is InChI=1S/C6H2N6O2/c7-2-4-1-5(12(13)14)6(9-3-4)10-11-8/h1,3H. The van der Waals surface area contributed by atoms with E-state index in [1.54, 1.807) is 6.07 Å². The molecule has 0 N–H and O–H groups in total. The summed E-state index contributed by atoms with van der Waals surface area (Å²) in [6, 6.07) is 2.69. The van der Waals surface area contributed by atoms with Gasteiger partial charge in [0.15, 0.2) is 0 Å². The number of hydrogen-bond acceptors (Lipinski definition) is 5. The number of rotatable bonds is 2. The van der Waals surface area contributed by atoms with Gasteiger partial charge >= 0.3 is 0 Å². The molecule has 0 spiro atoms. The number of azide groups is 1. The highest BCUT2D eigenvalue weighted by atomic mass is 16.6. The Labute approximate surface area is 77.2 Å². The highest BCUT2D eigenvalue weighted by Gasteiger charge is 2.14. The summed E-state index contributed by atoms with van der Waals surface area (Å²) in [5.74, 6) is -0.350. The number of nitriles is 1. The van der Waals surface area contributed by atoms with Crippen LogP contribution in [-0.2, 0) is 0 Å². The van der Waals surface area contributed by atoms with Crippen molar-refractivity contribution in [1.29, 1.82) is 5.26 Å². The van der Waals surface area contributed by atoms with Gasteiger partial charge in [0, 0.05) is 17.2 Å². The third-order valence-corrected chi connectivity index (χ3v) is 1.31. The number of nitro groups is 1. The van der Waals surface area contributed by atoms with E-state index in [9.17, 15) is 10.1 Å². The lowest BCUT2D eigenvalue weighted by molar-refractivity contribution is -0.384. The van der Waals surface area contributed by atoms with Crippen molar-refractivity contribution in [3.63, 3.8) is 0 Å². The topological polar surface area (TPSA) is 129 Å². The molecule has 0 aromatic carbocycles. The first kappa shape index (κ1) is 9.44. The molecule has 0 radical (unpaired) electrons. The highest BCUT2D eigenvalue weighted by molar-refractivity contribution is 5.54. The Hall–Kier alpha value is -2.65. The number of aromatic nitrogens is 1. The second kappa shape index (κ2) is 3.84. The average Bonchev–Trinajstić information content (AvgIpc) is 2.18. The fourth-order valence-corrected chi connectivity index (χ4v) is 0.761. The number of nitrogens with zero attached hydrogens (tertiary/aromatic N) is 6. The van der Waals surface area contributed by atoms with Gasteiger partial charge in [-0.1, -0.05) is 0 Å². The maximum Gasteiger partial charge on any atom is 0.298 e. The Balaban J connectivity index is 3.39. The molecule has 0 fully saturated rings.